The third-order valence-corrected chi connectivity index (χ3v) is 3.85. The van der Waals surface area contributed by atoms with Gasteiger partial charge in [-0.25, -0.2) is 0 Å². The number of nitrogens with one attached hydrogen (secondary N) is 1. The van der Waals surface area contributed by atoms with E-state index in [1.54, 1.807) is 7.11 Å². The fraction of sp³-hybridized carbons (Fsp3) is 0.625. The van der Waals surface area contributed by atoms with Gasteiger partial charge in [-0.1, -0.05) is 12.1 Å². The SMILES string of the molecule is CNCc1ccc(OCCN2CCC(OC)CC2)cc1. The summed E-state index contributed by atoms with van der Waals surface area (Å²) in [4.78, 5) is 2.45. The molecule has 1 aromatic carbocycles. The van der Waals surface area contributed by atoms with Crippen LogP contribution in [0.2, 0.25) is 0 Å². The van der Waals surface area contributed by atoms with E-state index >= 15 is 0 Å². The molecule has 20 heavy (non-hydrogen) atoms. The van der Waals surface area contributed by atoms with Gasteiger partial charge in [0.1, 0.15) is 12.4 Å². The Balaban J connectivity index is 1.65. The molecule has 0 amide bonds. The second kappa shape index (κ2) is 8.25. The van der Waals surface area contributed by atoms with E-state index in [-0.39, 0.29) is 0 Å². The lowest BCUT2D eigenvalue weighted by atomic mass is 10.1. The second-order valence-electron chi connectivity index (χ2n) is 5.30. The topological polar surface area (TPSA) is 33.7 Å². The van der Waals surface area contributed by atoms with Crippen molar-refractivity contribution in [2.75, 3.05) is 40.4 Å². The molecule has 0 radical (unpaired) electrons. The Hall–Kier alpha value is -1.10. The van der Waals surface area contributed by atoms with Gasteiger partial charge < -0.3 is 14.8 Å². The zero-order valence-corrected chi connectivity index (χ0v) is 12.6. The molecule has 0 spiro atoms. The van der Waals surface area contributed by atoms with Crippen LogP contribution < -0.4 is 10.1 Å². The first-order valence-electron chi connectivity index (χ1n) is 7.43. The van der Waals surface area contributed by atoms with E-state index in [0.717, 1.165) is 51.4 Å². The first-order chi connectivity index (χ1) is 9.81. The highest BCUT2D eigenvalue weighted by molar-refractivity contribution is 5.27. The first kappa shape index (κ1) is 15.3. The molecule has 1 N–H and O–H groups in total. The molecule has 2 rings (SSSR count). The molecular weight excluding hydrogens is 252 g/mol. The van der Waals surface area contributed by atoms with Crippen molar-refractivity contribution < 1.29 is 9.47 Å². The number of methoxy groups -OCH3 is 1. The fourth-order valence-electron chi connectivity index (χ4n) is 2.57. The van der Waals surface area contributed by atoms with Crippen molar-refractivity contribution in [1.29, 1.82) is 0 Å². The fourth-order valence-corrected chi connectivity index (χ4v) is 2.57. The summed E-state index contributed by atoms with van der Waals surface area (Å²) in [6.07, 6.45) is 2.72. The second-order valence-corrected chi connectivity index (χ2v) is 5.30. The van der Waals surface area contributed by atoms with E-state index in [1.807, 2.05) is 19.2 Å². The van der Waals surface area contributed by atoms with Gasteiger partial charge in [0, 0.05) is 33.3 Å². The number of ether oxygens (including phenoxy) is 2. The van der Waals surface area contributed by atoms with Gasteiger partial charge in [-0.05, 0) is 37.6 Å². The molecule has 1 fully saturated rings. The number of hydrogen-bond acceptors (Lipinski definition) is 4. The summed E-state index contributed by atoms with van der Waals surface area (Å²) < 4.78 is 11.2. The summed E-state index contributed by atoms with van der Waals surface area (Å²) in [6.45, 7) is 4.87. The Morgan fingerprint density at radius 2 is 1.90 bits per heavy atom. The highest BCUT2D eigenvalue weighted by atomic mass is 16.5. The van der Waals surface area contributed by atoms with E-state index in [9.17, 15) is 0 Å². The van der Waals surface area contributed by atoms with Crippen LogP contribution in [-0.4, -0.2) is 51.4 Å². The Morgan fingerprint density at radius 1 is 1.20 bits per heavy atom. The van der Waals surface area contributed by atoms with Crippen molar-refractivity contribution >= 4 is 0 Å². The number of piperidine rings is 1. The van der Waals surface area contributed by atoms with Crippen LogP contribution in [0.25, 0.3) is 0 Å². The van der Waals surface area contributed by atoms with Gasteiger partial charge in [-0.15, -0.1) is 0 Å². The summed E-state index contributed by atoms with van der Waals surface area (Å²) >= 11 is 0. The molecule has 0 bridgehead atoms. The van der Waals surface area contributed by atoms with Crippen LogP contribution in [0.1, 0.15) is 18.4 Å². The summed E-state index contributed by atoms with van der Waals surface area (Å²) in [5.41, 5.74) is 1.28. The molecule has 1 aromatic rings. The normalized spacial score (nSPS) is 17.3. The van der Waals surface area contributed by atoms with Gasteiger partial charge >= 0.3 is 0 Å². The van der Waals surface area contributed by atoms with E-state index in [2.05, 4.69) is 22.3 Å². The van der Waals surface area contributed by atoms with Crippen molar-refractivity contribution in [2.24, 2.45) is 0 Å². The zero-order valence-electron chi connectivity index (χ0n) is 12.6. The van der Waals surface area contributed by atoms with E-state index < -0.39 is 0 Å². The zero-order chi connectivity index (χ0) is 14.2. The average Bonchev–Trinajstić information content (AvgIpc) is 2.50. The lowest BCUT2D eigenvalue weighted by Crippen LogP contribution is -2.38. The molecule has 0 unspecified atom stereocenters. The molecular formula is C16H26N2O2. The molecule has 0 aliphatic carbocycles. The van der Waals surface area contributed by atoms with Gasteiger partial charge in [0.05, 0.1) is 6.10 Å². The van der Waals surface area contributed by atoms with Crippen molar-refractivity contribution in [3.63, 3.8) is 0 Å². The average molecular weight is 278 g/mol. The maximum Gasteiger partial charge on any atom is 0.119 e. The highest BCUT2D eigenvalue weighted by Crippen LogP contribution is 2.14. The molecule has 1 saturated heterocycles. The minimum absolute atomic E-state index is 0.451. The number of likely N-dealkylation sites (tertiary alicyclic amines) is 1. The number of nitrogens with zero attached hydrogens (tertiary/aromatic N) is 1. The summed E-state index contributed by atoms with van der Waals surface area (Å²) in [5.74, 6) is 0.955. The molecule has 0 aromatic heterocycles. The highest BCUT2D eigenvalue weighted by Gasteiger charge is 2.18. The number of benzene rings is 1. The van der Waals surface area contributed by atoms with Crippen LogP contribution in [0.4, 0.5) is 0 Å². The molecule has 1 aliphatic heterocycles. The molecule has 4 nitrogen and oxygen atoms in total. The van der Waals surface area contributed by atoms with E-state index in [0.29, 0.717) is 6.10 Å². The van der Waals surface area contributed by atoms with Crippen LogP contribution >= 0.6 is 0 Å². The summed E-state index contributed by atoms with van der Waals surface area (Å²) in [5, 5.41) is 3.14. The quantitative estimate of drug-likeness (QED) is 0.826. The van der Waals surface area contributed by atoms with Crippen LogP contribution in [0.5, 0.6) is 5.75 Å². The molecule has 1 aliphatic rings. The number of hydrogen-bond donors (Lipinski definition) is 1. The maximum atomic E-state index is 5.80. The van der Waals surface area contributed by atoms with Crippen LogP contribution in [0.3, 0.4) is 0 Å². The standard InChI is InChI=1S/C16H26N2O2/c1-17-13-14-3-5-16(6-4-14)20-12-11-18-9-7-15(19-2)8-10-18/h3-6,15,17H,7-13H2,1-2H3. The maximum absolute atomic E-state index is 5.80. The van der Waals surface area contributed by atoms with Gasteiger partial charge in [-0.3, -0.25) is 4.90 Å². The Labute approximate surface area is 122 Å². The van der Waals surface area contributed by atoms with Crippen molar-refractivity contribution in [3.05, 3.63) is 29.8 Å². The molecule has 112 valence electrons. The monoisotopic (exact) mass is 278 g/mol. The predicted octanol–water partition coefficient (Wildman–Crippen LogP) is 1.90. The lowest BCUT2D eigenvalue weighted by Gasteiger charge is -2.30. The Kier molecular flexibility index (Phi) is 6.30. The van der Waals surface area contributed by atoms with E-state index in [1.165, 1.54) is 5.56 Å². The molecule has 0 saturated carbocycles. The number of rotatable bonds is 7. The summed E-state index contributed by atoms with van der Waals surface area (Å²) in [7, 11) is 3.76. The van der Waals surface area contributed by atoms with Crippen LogP contribution in [0.15, 0.2) is 24.3 Å². The Bertz CT molecular complexity index is 373. The van der Waals surface area contributed by atoms with Gasteiger partial charge in [0.25, 0.3) is 0 Å². The first-order valence-corrected chi connectivity index (χ1v) is 7.43. The van der Waals surface area contributed by atoms with Gasteiger partial charge in [0.15, 0.2) is 0 Å². The smallest absolute Gasteiger partial charge is 0.119 e. The van der Waals surface area contributed by atoms with Crippen molar-refractivity contribution in [1.82, 2.24) is 10.2 Å². The van der Waals surface area contributed by atoms with Crippen LogP contribution in [0, 0.1) is 0 Å². The summed E-state index contributed by atoms with van der Waals surface area (Å²) in [6, 6.07) is 8.31. The van der Waals surface area contributed by atoms with Gasteiger partial charge in [-0.2, -0.15) is 0 Å². The molecule has 4 heteroatoms. The largest absolute Gasteiger partial charge is 0.492 e. The third kappa shape index (κ3) is 4.78. The van der Waals surface area contributed by atoms with E-state index in [4.69, 9.17) is 9.47 Å². The van der Waals surface area contributed by atoms with Crippen molar-refractivity contribution in [3.8, 4) is 5.75 Å². The molecule has 1 heterocycles. The van der Waals surface area contributed by atoms with Gasteiger partial charge in [0.2, 0.25) is 0 Å². The van der Waals surface area contributed by atoms with Crippen molar-refractivity contribution in [2.45, 2.75) is 25.5 Å². The lowest BCUT2D eigenvalue weighted by molar-refractivity contribution is 0.0375. The predicted molar refractivity (Wildman–Crippen MR) is 81.2 cm³/mol. The minimum atomic E-state index is 0.451. The molecule has 0 atom stereocenters. The third-order valence-electron chi connectivity index (χ3n) is 3.85. The van der Waals surface area contributed by atoms with Crippen LogP contribution in [-0.2, 0) is 11.3 Å². The minimum Gasteiger partial charge on any atom is -0.492 e. The Morgan fingerprint density at radius 3 is 2.50 bits per heavy atom.